The maximum atomic E-state index is 12.2. The van der Waals surface area contributed by atoms with Gasteiger partial charge in [-0.2, -0.15) is 0 Å². The number of aromatic nitrogens is 2. The van der Waals surface area contributed by atoms with E-state index in [4.69, 9.17) is 9.47 Å². The first kappa shape index (κ1) is 17.3. The summed E-state index contributed by atoms with van der Waals surface area (Å²) in [6.07, 6.45) is 4.86. The molecule has 0 fully saturated rings. The molecule has 1 aliphatic heterocycles. The lowest BCUT2D eigenvalue weighted by Gasteiger charge is -2.16. The van der Waals surface area contributed by atoms with Crippen molar-refractivity contribution >= 4 is 11.2 Å². The molecule has 0 radical (unpaired) electrons. The van der Waals surface area contributed by atoms with Crippen molar-refractivity contribution in [1.29, 1.82) is 0 Å². The van der Waals surface area contributed by atoms with E-state index < -0.39 is 0 Å². The van der Waals surface area contributed by atoms with E-state index in [0.717, 1.165) is 30.8 Å². The van der Waals surface area contributed by atoms with E-state index in [1.807, 2.05) is 24.3 Å². The van der Waals surface area contributed by atoms with Gasteiger partial charge >= 0.3 is 0 Å². The number of hydrogen-bond donors (Lipinski definition) is 1. The number of benzene rings is 1. The molecule has 6 nitrogen and oxygen atoms in total. The second-order valence-corrected chi connectivity index (χ2v) is 6.38. The SMILES string of the molecule is COc1cc(OCc2cc(=O)n3ccccc3n2)cc(C2=CCNCC2)c1. The summed E-state index contributed by atoms with van der Waals surface area (Å²) in [6.45, 7) is 2.05. The van der Waals surface area contributed by atoms with E-state index in [0.29, 0.717) is 17.1 Å². The third kappa shape index (κ3) is 3.85. The number of nitrogens with one attached hydrogen (secondary N) is 1. The summed E-state index contributed by atoms with van der Waals surface area (Å²) >= 11 is 0. The molecule has 0 aliphatic carbocycles. The minimum atomic E-state index is -0.120. The molecule has 0 atom stereocenters. The van der Waals surface area contributed by atoms with Gasteiger partial charge < -0.3 is 14.8 Å². The van der Waals surface area contributed by atoms with E-state index in [9.17, 15) is 4.79 Å². The molecule has 3 aromatic rings. The highest BCUT2D eigenvalue weighted by Gasteiger charge is 2.10. The van der Waals surface area contributed by atoms with E-state index in [2.05, 4.69) is 16.4 Å². The highest BCUT2D eigenvalue weighted by Crippen LogP contribution is 2.29. The van der Waals surface area contributed by atoms with Crippen LogP contribution in [0, 0.1) is 0 Å². The standard InChI is InChI=1S/C21H21N3O3/c1-26-18-10-16(15-5-7-22-8-6-15)11-19(13-18)27-14-17-12-21(25)24-9-3-2-4-20(24)23-17/h2-5,9-13,22H,6-8,14H2,1H3. The Balaban J connectivity index is 1.59. The van der Waals surface area contributed by atoms with Crippen LogP contribution < -0.4 is 20.3 Å². The third-order valence-corrected chi connectivity index (χ3v) is 4.56. The monoisotopic (exact) mass is 363 g/mol. The van der Waals surface area contributed by atoms with Gasteiger partial charge in [0.25, 0.3) is 5.56 Å². The molecule has 0 saturated heterocycles. The minimum Gasteiger partial charge on any atom is -0.497 e. The molecule has 1 aliphatic rings. The zero-order valence-corrected chi connectivity index (χ0v) is 15.1. The van der Waals surface area contributed by atoms with E-state index in [1.54, 1.807) is 25.4 Å². The first-order valence-electron chi connectivity index (χ1n) is 8.92. The van der Waals surface area contributed by atoms with Crippen LogP contribution in [0.25, 0.3) is 11.2 Å². The Morgan fingerprint density at radius 3 is 2.89 bits per heavy atom. The molecule has 0 spiro atoms. The van der Waals surface area contributed by atoms with E-state index in [1.165, 1.54) is 16.0 Å². The van der Waals surface area contributed by atoms with Gasteiger partial charge in [-0.15, -0.1) is 0 Å². The van der Waals surface area contributed by atoms with Crippen molar-refractivity contribution < 1.29 is 9.47 Å². The van der Waals surface area contributed by atoms with E-state index >= 15 is 0 Å². The normalized spacial score (nSPS) is 14.0. The fourth-order valence-electron chi connectivity index (χ4n) is 3.18. The van der Waals surface area contributed by atoms with Crippen LogP contribution in [0.4, 0.5) is 0 Å². The van der Waals surface area contributed by atoms with Crippen molar-refractivity contribution in [2.45, 2.75) is 13.0 Å². The van der Waals surface area contributed by atoms with E-state index in [-0.39, 0.29) is 12.2 Å². The molecular weight excluding hydrogens is 342 g/mol. The zero-order valence-electron chi connectivity index (χ0n) is 15.1. The van der Waals surface area contributed by atoms with Crippen LogP contribution in [0.2, 0.25) is 0 Å². The fourth-order valence-corrected chi connectivity index (χ4v) is 3.18. The number of fused-ring (bicyclic) bond motifs is 1. The van der Waals surface area contributed by atoms with Crippen molar-refractivity contribution in [2.75, 3.05) is 20.2 Å². The third-order valence-electron chi connectivity index (χ3n) is 4.56. The minimum absolute atomic E-state index is 0.120. The van der Waals surface area contributed by atoms with Crippen molar-refractivity contribution in [3.05, 3.63) is 76.3 Å². The number of hydrogen-bond acceptors (Lipinski definition) is 5. The van der Waals surface area contributed by atoms with Crippen LogP contribution in [0.15, 0.2) is 59.5 Å². The van der Waals surface area contributed by atoms with Crippen LogP contribution in [0.3, 0.4) is 0 Å². The number of pyridine rings is 1. The molecule has 4 rings (SSSR count). The molecule has 0 amide bonds. The van der Waals surface area contributed by atoms with Gasteiger partial charge in [0.1, 0.15) is 23.8 Å². The summed E-state index contributed by atoms with van der Waals surface area (Å²) < 4.78 is 12.9. The van der Waals surface area contributed by atoms with Gasteiger partial charge in [0, 0.05) is 24.9 Å². The average Bonchev–Trinajstić information content (AvgIpc) is 2.73. The Bertz CT molecular complexity index is 1060. The largest absolute Gasteiger partial charge is 0.497 e. The van der Waals surface area contributed by atoms with Crippen molar-refractivity contribution in [3.63, 3.8) is 0 Å². The van der Waals surface area contributed by atoms with Gasteiger partial charge in [0.2, 0.25) is 0 Å². The summed E-state index contributed by atoms with van der Waals surface area (Å²) in [5, 5.41) is 3.32. The molecule has 27 heavy (non-hydrogen) atoms. The van der Waals surface area contributed by atoms with Gasteiger partial charge in [0.15, 0.2) is 0 Å². The molecule has 0 bridgehead atoms. The van der Waals surface area contributed by atoms with Crippen LogP contribution in [0.1, 0.15) is 17.7 Å². The predicted octanol–water partition coefficient (Wildman–Crippen LogP) is 2.66. The molecule has 0 unspecified atom stereocenters. The molecule has 0 saturated carbocycles. The predicted molar refractivity (Wildman–Crippen MR) is 104 cm³/mol. The second kappa shape index (κ2) is 7.63. The van der Waals surface area contributed by atoms with Gasteiger partial charge in [-0.3, -0.25) is 9.20 Å². The summed E-state index contributed by atoms with van der Waals surface area (Å²) in [5.74, 6) is 1.44. The van der Waals surface area contributed by atoms with Crippen molar-refractivity contribution in [2.24, 2.45) is 0 Å². The summed E-state index contributed by atoms with van der Waals surface area (Å²) in [6, 6.07) is 12.8. The van der Waals surface area contributed by atoms with Crippen LogP contribution >= 0.6 is 0 Å². The zero-order chi connectivity index (χ0) is 18.6. The van der Waals surface area contributed by atoms with Crippen LogP contribution in [-0.4, -0.2) is 29.6 Å². The summed E-state index contributed by atoms with van der Waals surface area (Å²) in [5.41, 5.74) is 3.45. The molecule has 2 aromatic heterocycles. The molecule has 6 heteroatoms. The number of nitrogens with zero attached hydrogens (tertiary/aromatic N) is 2. The maximum Gasteiger partial charge on any atom is 0.258 e. The lowest BCUT2D eigenvalue weighted by molar-refractivity contribution is 0.299. The Labute approximate surface area is 157 Å². The second-order valence-electron chi connectivity index (χ2n) is 6.38. The highest BCUT2D eigenvalue weighted by atomic mass is 16.5. The number of methoxy groups -OCH3 is 1. The first-order valence-corrected chi connectivity index (χ1v) is 8.92. The smallest absolute Gasteiger partial charge is 0.258 e. The highest BCUT2D eigenvalue weighted by molar-refractivity contribution is 5.69. The maximum absolute atomic E-state index is 12.2. The Morgan fingerprint density at radius 2 is 2.07 bits per heavy atom. The molecule has 1 aromatic carbocycles. The molecular formula is C21H21N3O3. The number of rotatable bonds is 5. The molecule has 3 heterocycles. The lowest BCUT2D eigenvalue weighted by atomic mass is 10.00. The van der Waals surface area contributed by atoms with Gasteiger partial charge in [0.05, 0.1) is 12.8 Å². The van der Waals surface area contributed by atoms with Gasteiger partial charge in [-0.25, -0.2) is 4.98 Å². The Hall–Kier alpha value is -3.12. The molecule has 138 valence electrons. The van der Waals surface area contributed by atoms with Crippen LogP contribution in [0.5, 0.6) is 11.5 Å². The first-order chi connectivity index (χ1) is 13.2. The van der Waals surface area contributed by atoms with Crippen molar-refractivity contribution in [1.82, 2.24) is 14.7 Å². The summed E-state index contributed by atoms with van der Waals surface area (Å²) in [4.78, 5) is 16.7. The molecule has 1 N–H and O–H groups in total. The average molecular weight is 363 g/mol. The van der Waals surface area contributed by atoms with Crippen molar-refractivity contribution in [3.8, 4) is 11.5 Å². The topological polar surface area (TPSA) is 64.9 Å². The Morgan fingerprint density at radius 1 is 1.19 bits per heavy atom. The van der Waals surface area contributed by atoms with Gasteiger partial charge in [-0.05, 0) is 48.4 Å². The summed E-state index contributed by atoms with van der Waals surface area (Å²) in [7, 11) is 1.64. The lowest BCUT2D eigenvalue weighted by Crippen LogP contribution is -2.20. The number of ether oxygens (including phenoxy) is 2. The van der Waals surface area contributed by atoms with Crippen LogP contribution in [-0.2, 0) is 6.61 Å². The fraction of sp³-hybridized carbons (Fsp3) is 0.238. The quantitative estimate of drug-likeness (QED) is 0.755. The Kier molecular flexibility index (Phi) is 4.89. The van der Waals surface area contributed by atoms with Gasteiger partial charge in [-0.1, -0.05) is 12.1 Å².